The van der Waals surface area contributed by atoms with Crippen molar-refractivity contribution in [2.75, 3.05) is 7.05 Å². The van der Waals surface area contributed by atoms with Crippen molar-refractivity contribution in [3.63, 3.8) is 0 Å². The van der Waals surface area contributed by atoms with E-state index in [1.807, 2.05) is 42.3 Å². The standard InChI is InChI=1S/C28H28N2O2/c1-19(31)16-25-24-12-5-6-13-26(24)30-18-22(14-15-27(25)30)29(2)28(32)17-21-10-7-9-20-8-3-4-11-23(20)21/h3-13,22,31H,1,14-18H2,2H3/t22-/m1/s1. The van der Waals surface area contributed by atoms with Crippen LogP contribution in [0, 0.1) is 0 Å². The number of benzene rings is 3. The van der Waals surface area contributed by atoms with E-state index in [1.54, 1.807) is 0 Å². The molecule has 1 aliphatic heterocycles. The second-order valence-electron chi connectivity index (χ2n) is 8.81. The molecule has 5 rings (SSSR count). The van der Waals surface area contributed by atoms with Gasteiger partial charge < -0.3 is 14.6 Å². The van der Waals surface area contributed by atoms with E-state index in [4.69, 9.17) is 0 Å². The Morgan fingerprint density at radius 1 is 1.03 bits per heavy atom. The normalized spacial score (nSPS) is 15.6. The van der Waals surface area contributed by atoms with Crippen molar-refractivity contribution in [1.29, 1.82) is 0 Å². The lowest BCUT2D eigenvalue weighted by molar-refractivity contribution is -0.131. The summed E-state index contributed by atoms with van der Waals surface area (Å²) in [7, 11) is 1.94. The number of nitrogens with zero attached hydrogens (tertiary/aromatic N) is 2. The molecular weight excluding hydrogens is 396 g/mol. The van der Waals surface area contributed by atoms with Gasteiger partial charge in [0.2, 0.25) is 5.91 Å². The average Bonchev–Trinajstić information content (AvgIpc) is 3.11. The molecule has 0 radical (unpaired) electrons. The first-order valence-electron chi connectivity index (χ1n) is 11.2. The van der Waals surface area contributed by atoms with Gasteiger partial charge in [-0.1, -0.05) is 67.2 Å². The van der Waals surface area contributed by atoms with E-state index in [-0.39, 0.29) is 17.7 Å². The van der Waals surface area contributed by atoms with E-state index in [0.717, 1.165) is 35.9 Å². The Morgan fingerprint density at radius 3 is 2.56 bits per heavy atom. The summed E-state index contributed by atoms with van der Waals surface area (Å²) < 4.78 is 2.34. The zero-order valence-corrected chi connectivity index (χ0v) is 18.4. The minimum absolute atomic E-state index is 0.144. The fourth-order valence-electron chi connectivity index (χ4n) is 5.18. The molecule has 1 atom stereocenters. The van der Waals surface area contributed by atoms with Crippen LogP contribution in [0.3, 0.4) is 0 Å². The third-order valence-corrected chi connectivity index (χ3v) is 6.85. The molecule has 4 nitrogen and oxygen atoms in total. The molecule has 4 aromatic rings. The van der Waals surface area contributed by atoms with Gasteiger partial charge in [0.05, 0.1) is 12.2 Å². The predicted molar refractivity (Wildman–Crippen MR) is 130 cm³/mol. The SMILES string of the molecule is C=C(O)Cc1c2n(c3ccccc13)C[C@H](N(C)C(=O)Cc1cccc3ccccc13)CC2. The number of aliphatic hydroxyl groups excluding tert-OH is 1. The Morgan fingerprint density at radius 2 is 1.75 bits per heavy atom. The second kappa shape index (κ2) is 8.19. The van der Waals surface area contributed by atoms with Crippen molar-refractivity contribution in [3.8, 4) is 0 Å². The maximum Gasteiger partial charge on any atom is 0.227 e. The van der Waals surface area contributed by atoms with Crippen LogP contribution in [0.5, 0.6) is 0 Å². The summed E-state index contributed by atoms with van der Waals surface area (Å²) in [6, 6.07) is 22.9. The van der Waals surface area contributed by atoms with Gasteiger partial charge in [0, 0.05) is 42.7 Å². The van der Waals surface area contributed by atoms with Crippen LogP contribution in [0.25, 0.3) is 21.7 Å². The molecule has 162 valence electrons. The van der Waals surface area contributed by atoms with Gasteiger partial charge in [0.25, 0.3) is 0 Å². The minimum atomic E-state index is 0.144. The third-order valence-electron chi connectivity index (χ3n) is 6.85. The lowest BCUT2D eigenvalue weighted by Crippen LogP contribution is -2.43. The molecule has 0 saturated heterocycles. The van der Waals surface area contributed by atoms with Gasteiger partial charge in [0.15, 0.2) is 0 Å². The van der Waals surface area contributed by atoms with Gasteiger partial charge in [-0.15, -0.1) is 0 Å². The van der Waals surface area contributed by atoms with Crippen LogP contribution in [0.15, 0.2) is 79.1 Å². The third kappa shape index (κ3) is 3.56. The maximum absolute atomic E-state index is 13.3. The fourth-order valence-corrected chi connectivity index (χ4v) is 5.18. The number of aromatic nitrogens is 1. The van der Waals surface area contributed by atoms with E-state index in [2.05, 4.69) is 47.5 Å². The largest absolute Gasteiger partial charge is 0.513 e. The number of amides is 1. The number of carbonyl (C=O) groups excluding carboxylic acids is 1. The lowest BCUT2D eigenvalue weighted by atomic mass is 9.98. The number of rotatable bonds is 5. The summed E-state index contributed by atoms with van der Waals surface area (Å²) in [4.78, 5) is 15.2. The number of aliphatic hydroxyl groups is 1. The van der Waals surface area contributed by atoms with Crippen LogP contribution in [0.1, 0.15) is 23.2 Å². The first kappa shape index (κ1) is 20.4. The molecule has 32 heavy (non-hydrogen) atoms. The van der Waals surface area contributed by atoms with Crippen molar-refractivity contribution >= 4 is 27.6 Å². The van der Waals surface area contributed by atoms with Crippen molar-refractivity contribution in [2.24, 2.45) is 0 Å². The summed E-state index contributed by atoms with van der Waals surface area (Å²) in [6.45, 7) is 4.48. The van der Waals surface area contributed by atoms with Crippen LogP contribution in [-0.2, 0) is 30.6 Å². The van der Waals surface area contributed by atoms with Crippen molar-refractivity contribution in [1.82, 2.24) is 9.47 Å². The molecule has 1 N–H and O–H groups in total. The maximum atomic E-state index is 13.3. The fraction of sp³-hybridized carbons (Fsp3) is 0.250. The Kier molecular flexibility index (Phi) is 5.22. The number of carbonyl (C=O) groups is 1. The molecule has 3 aromatic carbocycles. The first-order valence-corrected chi connectivity index (χ1v) is 11.2. The molecular formula is C28H28N2O2. The molecule has 2 heterocycles. The van der Waals surface area contributed by atoms with Crippen molar-refractivity contribution in [3.05, 3.63) is 95.9 Å². The van der Waals surface area contributed by atoms with Gasteiger partial charge >= 0.3 is 0 Å². The average molecular weight is 425 g/mol. The monoisotopic (exact) mass is 424 g/mol. The van der Waals surface area contributed by atoms with Gasteiger partial charge in [-0.2, -0.15) is 0 Å². The highest BCUT2D eigenvalue weighted by Crippen LogP contribution is 2.33. The van der Waals surface area contributed by atoms with Crippen molar-refractivity contribution in [2.45, 2.75) is 38.3 Å². The van der Waals surface area contributed by atoms with Crippen LogP contribution >= 0.6 is 0 Å². The summed E-state index contributed by atoms with van der Waals surface area (Å²) >= 11 is 0. The Balaban J connectivity index is 1.40. The lowest BCUT2D eigenvalue weighted by Gasteiger charge is -2.33. The predicted octanol–water partition coefficient (Wildman–Crippen LogP) is 5.42. The van der Waals surface area contributed by atoms with E-state index < -0.39 is 0 Å². The molecule has 1 aliphatic rings. The molecule has 1 amide bonds. The molecule has 0 fully saturated rings. The minimum Gasteiger partial charge on any atom is -0.513 e. The van der Waals surface area contributed by atoms with Gasteiger partial charge in [-0.25, -0.2) is 0 Å². The van der Waals surface area contributed by atoms with E-state index in [0.29, 0.717) is 12.8 Å². The smallest absolute Gasteiger partial charge is 0.227 e. The van der Waals surface area contributed by atoms with Crippen LogP contribution in [0.2, 0.25) is 0 Å². The highest BCUT2D eigenvalue weighted by molar-refractivity contribution is 5.90. The molecule has 4 heteroatoms. The first-order chi connectivity index (χ1) is 15.5. The summed E-state index contributed by atoms with van der Waals surface area (Å²) in [5.41, 5.74) is 4.66. The molecule has 0 unspecified atom stereocenters. The number of para-hydroxylation sites is 1. The molecule has 0 aliphatic carbocycles. The topological polar surface area (TPSA) is 45.5 Å². The Labute approximate surface area is 188 Å². The van der Waals surface area contributed by atoms with Gasteiger partial charge in [-0.3, -0.25) is 4.79 Å². The van der Waals surface area contributed by atoms with Crippen LogP contribution in [0.4, 0.5) is 0 Å². The molecule has 0 saturated carbocycles. The second-order valence-corrected chi connectivity index (χ2v) is 8.81. The zero-order chi connectivity index (χ0) is 22.2. The quantitative estimate of drug-likeness (QED) is 0.435. The highest BCUT2D eigenvalue weighted by Gasteiger charge is 2.29. The summed E-state index contributed by atoms with van der Waals surface area (Å²) in [5.74, 6) is 0.337. The van der Waals surface area contributed by atoms with Crippen molar-refractivity contribution < 1.29 is 9.90 Å². The van der Waals surface area contributed by atoms with Crippen LogP contribution < -0.4 is 0 Å². The molecule has 0 bridgehead atoms. The van der Waals surface area contributed by atoms with Gasteiger partial charge in [-0.05, 0) is 40.8 Å². The number of allylic oxidation sites excluding steroid dienone is 1. The Bertz CT molecular complexity index is 1330. The van der Waals surface area contributed by atoms with E-state index in [9.17, 15) is 9.90 Å². The van der Waals surface area contributed by atoms with E-state index in [1.165, 1.54) is 22.0 Å². The number of likely N-dealkylation sites (N-methyl/N-ethyl adjacent to an activating group) is 1. The summed E-state index contributed by atoms with van der Waals surface area (Å²) in [5, 5.41) is 13.3. The zero-order valence-electron chi connectivity index (χ0n) is 18.4. The highest BCUT2D eigenvalue weighted by atomic mass is 16.3. The Hall–Kier alpha value is -3.53. The number of hydrogen-bond acceptors (Lipinski definition) is 2. The summed E-state index contributed by atoms with van der Waals surface area (Å²) in [6.07, 6.45) is 2.68. The molecule has 0 spiro atoms. The molecule has 1 aromatic heterocycles. The number of fused-ring (bicyclic) bond motifs is 4. The van der Waals surface area contributed by atoms with Gasteiger partial charge in [0.1, 0.15) is 0 Å². The number of hydrogen-bond donors (Lipinski definition) is 1. The van der Waals surface area contributed by atoms with Crippen LogP contribution in [-0.4, -0.2) is 33.6 Å². The van der Waals surface area contributed by atoms with E-state index >= 15 is 0 Å².